The van der Waals surface area contributed by atoms with Gasteiger partial charge in [0.1, 0.15) is 11.6 Å². The van der Waals surface area contributed by atoms with E-state index in [1.807, 2.05) is 44.2 Å². The molecule has 2 aromatic heterocycles. The number of sulfonamides is 1. The third-order valence-corrected chi connectivity index (χ3v) is 10.0. The number of unbranched alkanes of at least 4 members (excludes halogenated alkanes) is 2. The zero-order chi connectivity index (χ0) is 28.4. The molecule has 0 saturated heterocycles. The fraction of sp³-hybridized carbons (Fsp3) is 0.500. The molecule has 0 aliphatic heterocycles. The minimum absolute atomic E-state index is 0.175. The highest BCUT2D eigenvalue weighted by Gasteiger charge is 2.34. The summed E-state index contributed by atoms with van der Waals surface area (Å²) in [7, 11) is -4.70. The largest absolute Gasteiger partial charge is 0.437 e. The summed E-state index contributed by atoms with van der Waals surface area (Å²) in [6.45, 7) is 6.10. The minimum Gasteiger partial charge on any atom is -0.437 e. The smallest absolute Gasteiger partial charge is 0.255 e. The van der Waals surface area contributed by atoms with Crippen molar-refractivity contribution in [3.63, 3.8) is 0 Å². The normalized spacial score (nSPS) is 15.3. The van der Waals surface area contributed by atoms with E-state index in [9.17, 15) is 17.8 Å². The molecule has 0 spiro atoms. The fourth-order valence-electron chi connectivity index (χ4n) is 4.78. The van der Waals surface area contributed by atoms with Crippen molar-refractivity contribution >= 4 is 40.2 Å². The van der Waals surface area contributed by atoms with Crippen LogP contribution in [0, 0.1) is 6.92 Å². The Bertz CT molecular complexity index is 1500. The van der Waals surface area contributed by atoms with E-state index in [0.29, 0.717) is 54.6 Å². The number of aryl methyl sites for hydroxylation is 1. The molecule has 4 rings (SSSR count). The summed E-state index contributed by atoms with van der Waals surface area (Å²) in [6, 6.07) is 9.57. The van der Waals surface area contributed by atoms with Gasteiger partial charge in [0.2, 0.25) is 15.7 Å². The van der Waals surface area contributed by atoms with Gasteiger partial charge in [0.05, 0.1) is 23.8 Å². The molecule has 11 heteroatoms. The first-order chi connectivity index (χ1) is 18.4. The van der Waals surface area contributed by atoms with Crippen LogP contribution in [0.25, 0.3) is 22.4 Å². The number of fused-ring (bicyclic) bond motifs is 1. The Hall–Kier alpha value is -2.68. The van der Waals surface area contributed by atoms with Crippen molar-refractivity contribution < 1.29 is 26.7 Å². The van der Waals surface area contributed by atoms with Gasteiger partial charge in [-0.1, -0.05) is 36.2 Å². The lowest BCUT2D eigenvalue weighted by Gasteiger charge is -2.24. The number of hydrogen-bond donors (Lipinski definition) is 1. The number of rotatable bonds is 13. The van der Waals surface area contributed by atoms with E-state index < -0.39 is 17.4 Å². The second kappa shape index (κ2) is 11.8. The molecule has 1 aliphatic carbocycles. The van der Waals surface area contributed by atoms with E-state index in [1.54, 1.807) is 13.7 Å². The second-order valence-electron chi connectivity index (χ2n) is 10.3. The first kappa shape index (κ1) is 29.3. The number of benzene rings is 1. The first-order valence-corrected chi connectivity index (χ1v) is 17.5. The summed E-state index contributed by atoms with van der Waals surface area (Å²) in [5, 5.41) is 3.27. The van der Waals surface area contributed by atoms with Gasteiger partial charge in [-0.3, -0.25) is 13.7 Å². The molecule has 1 fully saturated rings. The third kappa shape index (κ3) is 6.91. The quantitative estimate of drug-likeness (QED) is 0.198. The Morgan fingerprint density at radius 3 is 2.49 bits per heavy atom. The van der Waals surface area contributed by atoms with Crippen molar-refractivity contribution in [2.24, 2.45) is 0 Å². The molecule has 3 aromatic rings. The second-order valence-corrected chi connectivity index (χ2v) is 15.0. The number of amides is 1. The van der Waals surface area contributed by atoms with Crippen molar-refractivity contribution in [2.45, 2.75) is 51.9 Å². The van der Waals surface area contributed by atoms with Crippen LogP contribution in [0.4, 0.5) is 5.82 Å². The lowest BCUT2D eigenvalue weighted by atomic mass is 10.0. The lowest BCUT2D eigenvalue weighted by molar-refractivity contribution is 0.0964. The number of nitrogens with zero attached hydrogens (tertiary/aromatic N) is 2. The van der Waals surface area contributed by atoms with Gasteiger partial charge < -0.3 is 14.3 Å². The number of furan rings is 1. The summed E-state index contributed by atoms with van der Waals surface area (Å²) >= 11 is 0. The molecular weight excluding hydrogens is 537 g/mol. The third-order valence-electron chi connectivity index (χ3n) is 6.94. The monoisotopic (exact) mass is 575 g/mol. The predicted octanol–water partition coefficient (Wildman–Crippen LogP) is 5.92. The van der Waals surface area contributed by atoms with Crippen molar-refractivity contribution in [1.82, 2.24) is 10.3 Å². The van der Waals surface area contributed by atoms with Gasteiger partial charge in [-0.15, -0.1) is 0 Å². The van der Waals surface area contributed by atoms with Gasteiger partial charge in [-0.25, -0.2) is 8.42 Å². The maximum atomic E-state index is 13.0. The molecule has 1 aromatic carbocycles. The molecule has 9 nitrogen and oxygen atoms in total. The Morgan fingerprint density at radius 1 is 1.21 bits per heavy atom. The topological polar surface area (TPSA) is 119 Å². The van der Waals surface area contributed by atoms with Crippen LogP contribution in [0.1, 0.15) is 66.4 Å². The van der Waals surface area contributed by atoms with Crippen molar-refractivity contribution in [3.8, 4) is 11.3 Å². The van der Waals surface area contributed by atoms with Crippen molar-refractivity contribution in [2.75, 3.05) is 43.6 Å². The van der Waals surface area contributed by atoms with Gasteiger partial charge in [0.15, 0.2) is 7.37 Å². The summed E-state index contributed by atoms with van der Waals surface area (Å²) in [4.78, 5) is 17.7. The molecular formula is C28H38N3O6PS. The van der Waals surface area contributed by atoms with E-state index >= 15 is 0 Å². The predicted molar refractivity (Wildman–Crippen MR) is 156 cm³/mol. The summed E-state index contributed by atoms with van der Waals surface area (Å²) in [5.41, 5.74) is 3.24. The molecule has 1 saturated carbocycles. The molecule has 1 N–H and O–H groups in total. The van der Waals surface area contributed by atoms with Crippen LogP contribution >= 0.6 is 7.37 Å². The Kier molecular flexibility index (Phi) is 8.88. The number of hydrogen-bond acceptors (Lipinski definition) is 7. The molecule has 1 atom stereocenters. The van der Waals surface area contributed by atoms with E-state index in [-0.39, 0.29) is 24.1 Å². The van der Waals surface area contributed by atoms with Gasteiger partial charge >= 0.3 is 0 Å². The van der Waals surface area contributed by atoms with Gasteiger partial charge in [0.25, 0.3) is 5.91 Å². The van der Waals surface area contributed by atoms with Crippen LogP contribution in [0.2, 0.25) is 0 Å². The highest BCUT2D eigenvalue weighted by Crippen LogP contribution is 2.47. The molecule has 1 unspecified atom stereocenters. The molecule has 39 heavy (non-hydrogen) atoms. The standard InChI is InChI=1S/C28H38N3O6PS/c1-6-36-38(4,33)17-9-7-8-16-31(39(5,34)35)26-22(20-14-15-20)18-23-24(27(32)29-3)25(37-28(23)30-26)21-12-10-19(2)11-13-21/h10-13,18,20H,6-9,14-17H2,1-5H3,(H,29,32). The van der Waals surface area contributed by atoms with Crippen LogP contribution in [0.5, 0.6) is 0 Å². The van der Waals surface area contributed by atoms with Crippen LogP contribution < -0.4 is 9.62 Å². The Labute approximate surface area is 230 Å². The molecule has 0 bridgehead atoms. The van der Waals surface area contributed by atoms with Crippen molar-refractivity contribution in [1.29, 1.82) is 0 Å². The average Bonchev–Trinajstić information content (AvgIpc) is 3.65. The fourth-order valence-corrected chi connectivity index (χ4v) is 7.17. The van der Waals surface area contributed by atoms with E-state index in [4.69, 9.17) is 13.9 Å². The van der Waals surface area contributed by atoms with Gasteiger partial charge in [-0.05, 0) is 57.1 Å². The maximum absolute atomic E-state index is 13.0. The molecule has 212 valence electrons. The van der Waals surface area contributed by atoms with Crippen molar-refractivity contribution in [3.05, 3.63) is 47.0 Å². The number of nitrogens with one attached hydrogen (secondary N) is 1. The summed E-state index contributed by atoms with van der Waals surface area (Å²) in [6.07, 6.45) is 5.48. The van der Waals surface area contributed by atoms with Crippen LogP contribution in [-0.4, -0.2) is 58.6 Å². The van der Waals surface area contributed by atoms with Crippen LogP contribution in [-0.2, 0) is 19.1 Å². The van der Waals surface area contributed by atoms with E-state index in [1.165, 1.54) is 10.6 Å². The zero-order valence-electron chi connectivity index (χ0n) is 23.3. The SMILES string of the molecule is CCOP(C)(=O)CCCCCN(c1nc2oc(-c3ccc(C)cc3)c(C(=O)NC)c2cc1C1CC1)S(C)(=O)=O. The van der Waals surface area contributed by atoms with Crippen LogP contribution in [0.3, 0.4) is 0 Å². The summed E-state index contributed by atoms with van der Waals surface area (Å²) < 4.78 is 51.2. The highest BCUT2D eigenvalue weighted by atomic mass is 32.2. The number of carbonyl (C=O) groups is 1. The highest BCUT2D eigenvalue weighted by molar-refractivity contribution is 7.92. The molecule has 1 amide bonds. The number of pyridine rings is 1. The minimum atomic E-state index is -3.65. The number of aromatic nitrogens is 1. The van der Waals surface area contributed by atoms with E-state index in [2.05, 4.69) is 5.32 Å². The summed E-state index contributed by atoms with van der Waals surface area (Å²) in [5.74, 6) is 0.644. The number of carbonyl (C=O) groups excluding carboxylic acids is 1. The molecule has 2 heterocycles. The Balaban J connectivity index is 1.71. The van der Waals surface area contributed by atoms with Gasteiger partial charge in [0, 0.05) is 32.0 Å². The molecule has 1 aliphatic rings. The number of anilines is 1. The van der Waals surface area contributed by atoms with Crippen LogP contribution in [0.15, 0.2) is 34.7 Å². The zero-order valence-corrected chi connectivity index (χ0v) is 25.0. The average molecular weight is 576 g/mol. The first-order valence-electron chi connectivity index (χ1n) is 13.4. The molecule has 0 radical (unpaired) electrons. The Morgan fingerprint density at radius 2 is 1.90 bits per heavy atom. The van der Waals surface area contributed by atoms with Gasteiger partial charge in [-0.2, -0.15) is 4.98 Å². The maximum Gasteiger partial charge on any atom is 0.255 e. The van der Waals surface area contributed by atoms with E-state index in [0.717, 1.165) is 29.5 Å². The lowest BCUT2D eigenvalue weighted by Crippen LogP contribution is -2.32.